The lowest BCUT2D eigenvalue weighted by Crippen LogP contribution is -2.32. The average Bonchev–Trinajstić information content (AvgIpc) is 2.60. The highest BCUT2D eigenvalue weighted by molar-refractivity contribution is 5.88. The summed E-state index contributed by atoms with van der Waals surface area (Å²) in [5.74, 6) is 0.759. The van der Waals surface area contributed by atoms with E-state index in [-0.39, 0.29) is 5.56 Å². The number of hydrogen-bond acceptors (Lipinski definition) is 3. The van der Waals surface area contributed by atoms with E-state index in [1.165, 1.54) is 0 Å². The molecule has 1 rings (SSSR count). The maximum absolute atomic E-state index is 10.9. The van der Waals surface area contributed by atoms with Crippen molar-refractivity contribution in [2.75, 3.05) is 0 Å². The van der Waals surface area contributed by atoms with Crippen molar-refractivity contribution in [3.8, 4) is 0 Å². The van der Waals surface area contributed by atoms with Crippen LogP contribution in [0.25, 0.3) is 0 Å². The Kier molecular flexibility index (Phi) is 4.75. The number of carboxylic acids is 1. The van der Waals surface area contributed by atoms with Gasteiger partial charge < -0.3 is 14.8 Å². The molecule has 2 N–H and O–H groups in total. The predicted octanol–water partition coefficient (Wildman–Crippen LogP) is 2.81. The van der Waals surface area contributed by atoms with Gasteiger partial charge in [-0.25, -0.2) is 4.79 Å². The Morgan fingerprint density at radius 3 is 2.59 bits per heavy atom. The summed E-state index contributed by atoms with van der Waals surface area (Å²) in [6.07, 6.45) is 1.04. The van der Waals surface area contributed by atoms with Crippen molar-refractivity contribution < 1.29 is 14.3 Å². The van der Waals surface area contributed by atoms with Gasteiger partial charge in [-0.15, -0.1) is 0 Å². The summed E-state index contributed by atoms with van der Waals surface area (Å²) in [5.41, 5.74) is 0.249. The van der Waals surface area contributed by atoms with Crippen LogP contribution in [-0.2, 0) is 6.54 Å². The zero-order chi connectivity index (χ0) is 13.0. The van der Waals surface area contributed by atoms with E-state index in [9.17, 15) is 4.79 Å². The van der Waals surface area contributed by atoms with Crippen LogP contribution in [0.2, 0.25) is 0 Å². The van der Waals surface area contributed by atoms with Gasteiger partial charge in [-0.2, -0.15) is 0 Å². The molecule has 0 aliphatic heterocycles. The van der Waals surface area contributed by atoms with Crippen LogP contribution in [0.1, 0.15) is 49.1 Å². The lowest BCUT2D eigenvalue weighted by atomic mass is 10.0. The number of rotatable bonds is 6. The molecular weight excluding hydrogens is 218 g/mol. The molecule has 0 amide bonds. The fourth-order valence-electron chi connectivity index (χ4n) is 1.93. The zero-order valence-corrected chi connectivity index (χ0v) is 10.9. The average molecular weight is 239 g/mol. The van der Waals surface area contributed by atoms with Gasteiger partial charge in [-0.05, 0) is 25.3 Å². The van der Waals surface area contributed by atoms with Crippen LogP contribution >= 0.6 is 0 Å². The van der Waals surface area contributed by atoms with E-state index >= 15 is 0 Å². The quantitative estimate of drug-likeness (QED) is 0.801. The van der Waals surface area contributed by atoms with Crippen molar-refractivity contribution in [3.05, 3.63) is 23.2 Å². The molecule has 96 valence electrons. The monoisotopic (exact) mass is 239 g/mol. The van der Waals surface area contributed by atoms with E-state index in [1.54, 1.807) is 13.0 Å². The first-order valence-corrected chi connectivity index (χ1v) is 6.01. The summed E-state index contributed by atoms with van der Waals surface area (Å²) >= 11 is 0. The Bertz CT molecular complexity index is 382. The third kappa shape index (κ3) is 3.60. The van der Waals surface area contributed by atoms with Crippen LogP contribution in [0, 0.1) is 12.8 Å². The smallest absolute Gasteiger partial charge is 0.339 e. The Morgan fingerprint density at radius 2 is 2.18 bits per heavy atom. The van der Waals surface area contributed by atoms with Crippen LogP contribution < -0.4 is 5.32 Å². The molecule has 0 aromatic carbocycles. The van der Waals surface area contributed by atoms with Gasteiger partial charge in [0, 0.05) is 6.04 Å². The third-order valence-corrected chi connectivity index (χ3v) is 2.98. The molecule has 1 heterocycles. The molecule has 0 spiro atoms. The predicted molar refractivity (Wildman–Crippen MR) is 66.2 cm³/mol. The van der Waals surface area contributed by atoms with Crippen molar-refractivity contribution in [1.82, 2.24) is 5.32 Å². The van der Waals surface area contributed by atoms with Gasteiger partial charge in [0.15, 0.2) is 0 Å². The van der Waals surface area contributed by atoms with E-state index in [0.29, 0.717) is 30.0 Å². The molecule has 0 fully saturated rings. The largest absolute Gasteiger partial charge is 0.478 e. The maximum Gasteiger partial charge on any atom is 0.339 e. The van der Waals surface area contributed by atoms with Crippen LogP contribution in [0.4, 0.5) is 0 Å². The SMILES string of the molecule is CCC(NCc1cc(C(=O)O)c(C)o1)C(C)C. The summed E-state index contributed by atoms with van der Waals surface area (Å²) in [6.45, 7) is 8.71. The minimum Gasteiger partial charge on any atom is -0.478 e. The number of nitrogens with one attached hydrogen (secondary N) is 1. The van der Waals surface area contributed by atoms with Crippen molar-refractivity contribution in [3.63, 3.8) is 0 Å². The molecular formula is C13H21NO3. The van der Waals surface area contributed by atoms with Crippen molar-refractivity contribution in [2.24, 2.45) is 5.92 Å². The number of carboxylic acid groups (broad SMARTS) is 1. The second-order valence-corrected chi connectivity index (χ2v) is 4.63. The first kappa shape index (κ1) is 13.8. The molecule has 0 radical (unpaired) electrons. The number of carbonyl (C=O) groups is 1. The molecule has 1 atom stereocenters. The minimum atomic E-state index is -0.937. The van der Waals surface area contributed by atoms with Crippen molar-refractivity contribution >= 4 is 5.97 Å². The Labute approximate surface area is 102 Å². The Morgan fingerprint density at radius 1 is 1.53 bits per heavy atom. The normalized spacial score (nSPS) is 13.0. The van der Waals surface area contributed by atoms with Gasteiger partial charge in [-0.1, -0.05) is 20.8 Å². The first-order valence-electron chi connectivity index (χ1n) is 6.01. The molecule has 1 aromatic heterocycles. The van der Waals surface area contributed by atoms with Gasteiger partial charge in [0.25, 0.3) is 0 Å². The van der Waals surface area contributed by atoms with E-state index in [0.717, 1.165) is 6.42 Å². The molecule has 0 saturated heterocycles. The number of aryl methyl sites for hydroxylation is 1. The molecule has 0 aliphatic rings. The molecule has 1 unspecified atom stereocenters. The molecule has 0 saturated carbocycles. The number of hydrogen-bond donors (Lipinski definition) is 2. The molecule has 4 heteroatoms. The van der Waals surface area contributed by atoms with Crippen molar-refractivity contribution in [1.29, 1.82) is 0 Å². The number of furan rings is 1. The van der Waals surface area contributed by atoms with E-state index in [2.05, 4.69) is 26.1 Å². The maximum atomic E-state index is 10.9. The molecule has 4 nitrogen and oxygen atoms in total. The first-order chi connectivity index (χ1) is 7.95. The minimum absolute atomic E-state index is 0.249. The van der Waals surface area contributed by atoms with E-state index < -0.39 is 5.97 Å². The van der Waals surface area contributed by atoms with Crippen LogP contribution in [0.15, 0.2) is 10.5 Å². The summed E-state index contributed by atoms with van der Waals surface area (Å²) in [4.78, 5) is 10.9. The third-order valence-electron chi connectivity index (χ3n) is 2.98. The highest BCUT2D eigenvalue weighted by atomic mass is 16.4. The van der Waals surface area contributed by atoms with Crippen LogP contribution in [0.5, 0.6) is 0 Å². The molecule has 17 heavy (non-hydrogen) atoms. The highest BCUT2D eigenvalue weighted by Gasteiger charge is 2.15. The van der Waals surface area contributed by atoms with Crippen molar-refractivity contribution in [2.45, 2.75) is 46.7 Å². The lowest BCUT2D eigenvalue weighted by molar-refractivity contribution is 0.0695. The summed E-state index contributed by atoms with van der Waals surface area (Å²) < 4.78 is 5.41. The molecule has 0 aliphatic carbocycles. The van der Waals surface area contributed by atoms with Gasteiger partial charge in [0.05, 0.1) is 6.54 Å². The molecule has 0 bridgehead atoms. The topological polar surface area (TPSA) is 62.5 Å². The Balaban J connectivity index is 2.63. The Hall–Kier alpha value is -1.29. The lowest BCUT2D eigenvalue weighted by Gasteiger charge is -2.19. The summed E-state index contributed by atoms with van der Waals surface area (Å²) in [6, 6.07) is 2.02. The van der Waals surface area contributed by atoms with E-state index in [1.807, 2.05) is 0 Å². The molecule has 1 aromatic rings. The summed E-state index contributed by atoms with van der Waals surface area (Å²) in [5, 5.41) is 12.3. The second-order valence-electron chi connectivity index (χ2n) is 4.63. The number of aromatic carboxylic acids is 1. The van der Waals surface area contributed by atoms with E-state index in [4.69, 9.17) is 9.52 Å². The summed E-state index contributed by atoms with van der Waals surface area (Å²) in [7, 11) is 0. The van der Waals surface area contributed by atoms with Gasteiger partial charge >= 0.3 is 5.97 Å². The van der Waals surface area contributed by atoms with Gasteiger partial charge in [0.1, 0.15) is 17.1 Å². The van der Waals surface area contributed by atoms with Gasteiger partial charge in [-0.3, -0.25) is 0 Å². The fraction of sp³-hybridized carbons (Fsp3) is 0.615. The fourth-order valence-corrected chi connectivity index (χ4v) is 1.93. The standard InChI is InChI=1S/C13H21NO3/c1-5-12(8(2)3)14-7-10-6-11(13(15)16)9(4)17-10/h6,8,12,14H,5,7H2,1-4H3,(H,15,16). The van der Waals surface area contributed by atoms with Crippen LogP contribution in [0.3, 0.4) is 0 Å². The zero-order valence-electron chi connectivity index (χ0n) is 10.9. The second kappa shape index (κ2) is 5.87. The van der Waals surface area contributed by atoms with Gasteiger partial charge in [0.2, 0.25) is 0 Å². The highest BCUT2D eigenvalue weighted by Crippen LogP contribution is 2.15. The van der Waals surface area contributed by atoms with Crippen LogP contribution in [-0.4, -0.2) is 17.1 Å².